The summed E-state index contributed by atoms with van der Waals surface area (Å²) in [6, 6.07) is 6.08. The molecule has 1 heterocycles. The molecule has 1 aliphatic heterocycles. The Bertz CT molecular complexity index is 846. The molecule has 0 saturated heterocycles. The summed E-state index contributed by atoms with van der Waals surface area (Å²) in [7, 11) is 7.07. The number of fused-ring (bicyclic) bond motifs is 2. The van der Waals surface area contributed by atoms with Gasteiger partial charge in [0.2, 0.25) is 0 Å². The zero-order valence-electron chi connectivity index (χ0n) is 15.0. The van der Waals surface area contributed by atoms with Crippen molar-refractivity contribution >= 4 is 0 Å². The Hall–Kier alpha value is -2.40. The van der Waals surface area contributed by atoms with E-state index in [1.165, 1.54) is 11.1 Å². The van der Waals surface area contributed by atoms with E-state index >= 15 is 0 Å². The van der Waals surface area contributed by atoms with Gasteiger partial charge in [-0.15, -0.1) is 0 Å². The van der Waals surface area contributed by atoms with E-state index in [0.717, 1.165) is 41.8 Å². The maximum atomic E-state index is 10.3. The summed E-state index contributed by atoms with van der Waals surface area (Å²) in [6.07, 6.45) is 1.85. The Morgan fingerprint density at radius 1 is 1.00 bits per heavy atom. The summed E-state index contributed by atoms with van der Waals surface area (Å²) in [6.45, 7) is 1.01. The van der Waals surface area contributed by atoms with Gasteiger partial charge in [-0.2, -0.15) is 0 Å². The molecule has 132 valence electrons. The molecule has 0 fully saturated rings. The van der Waals surface area contributed by atoms with E-state index in [1.807, 2.05) is 6.07 Å². The second-order valence-corrected chi connectivity index (χ2v) is 6.66. The zero-order chi connectivity index (χ0) is 17.7. The molecule has 2 aliphatic rings. The minimum absolute atomic E-state index is 0.141. The lowest BCUT2D eigenvalue weighted by Gasteiger charge is -2.40. The Labute approximate surface area is 147 Å². The molecular weight excluding hydrogens is 318 g/mol. The normalized spacial score (nSPS) is 18.3. The Morgan fingerprint density at radius 2 is 1.76 bits per heavy atom. The van der Waals surface area contributed by atoms with Crippen LogP contribution in [0.4, 0.5) is 0 Å². The van der Waals surface area contributed by atoms with Gasteiger partial charge in [0.15, 0.2) is 23.0 Å². The average Bonchev–Trinajstić information content (AvgIpc) is 2.63. The van der Waals surface area contributed by atoms with Crippen LogP contribution in [0.15, 0.2) is 18.2 Å². The van der Waals surface area contributed by atoms with Gasteiger partial charge in [-0.1, -0.05) is 6.07 Å². The van der Waals surface area contributed by atoms with Crippen molar-refractivity contribution in [2.24, 2.45) is 0 Å². The number of benzene rings is 2. The Balaban J connectivity index is 2.13. The van der Waals surface area contributed by atoms with Crippen molar-refractivity contribution in [2.75, 3.05) is 34.9 Å². The van der Waals surface area contributed by atoms with Crippen molar-refractivity contribution in [1.29, 1.82) is 0 Å². The maximum absolute atomic E-state index is 10.3. The van der Waals surface area contributed by atoms with Crippen LogP contribution in [-0.4, -0.2) is 44.9 Å². The molecule has 1 N–H and O–H groups in total. The molecule has 0 saturated carbocycles. The van der Waals surface area contributed by atoms with Crippen LogP contribution in [0.3, 0.4) is 0 Å². The number of methoxy groups -OCH3 is 3. The van der Waals surface area contributed by atoms with Crippen LogP contribution in [0.2, 0.25) is 0 Å². The van der Waals surface area contributed by atoms with Crippen molar-refractivity contribution in [2.45, 2.75) is 18.9 Å². The fourth-order valence-electron chi connectivity index (χ4n) is 4.30. The first-order valence-electron chi connectivity index (χ1n) is 8.47. The largest absolute Gasteiger partial charge is 0.504 e. The molecule has 0 radical (unpaired) electrons. The van der Waals surface area contributed by atoms with E-state index < -0.39 is 0 Å². The second-order valence-electron chi connectivity index (χ2n) is 6.66. The molecule has 5 heteroatoms. The van der Waals surface area contributed by atoms with Gasteiger partial charge >= 0.3 is 0 Å². The second kappa shape index (κ2) is 5.85. The van der Waals surface area contributed by atoms with E-state index in [0.29, 0.717) is 17.5 Å². The third-order valence-electron chi connectivity index (χ3n) is 5.49. The zero-order valence-corrected chi connectivity index (χ0v) is 15.0. The van der Waals surface area contributed by atoms with Gasteiger partial charge in [-0.05, 0) is 48.7 Å². The summed E-state index contributed by atoms with van der Waals surface area (Å²) >= 11 is 0. The van der Waals surface area contributed by atoms with E-state index in [9.17, 15) is 5.11 Å². The smallest absolute Gasteiger partial charge is 0.169 e. The fraction of sp³-hybridized carbons (Fsp3) is 0.400. The lowest BCUT2D eigenvalue weighted by molar-refractivity contribution is 0.226. The van der Waals surface area contributed by atoms with Crippen LogP contribution in [0.25, 0.3) is 11.1 Å². The van der Waals surface area contributed by atoms with Crippen molar-refractivity contribution < 1.29 is 19.3 Å². The highest BCUT2D eigenvalue weighted by atomic mass is 16.5. The quantitative estimate of drug-likeness (QED) is 0.929. The number of nitrogens with zero attached hydrogens (tertiary/aromatic N) is 1. The van der Waals surface area contributed by atoms with Gasteiger partial charge in [-0.25, -0.2) is 0 Å². The number of hydrogen-bond acceptors (Lipinski definition) is 5. The SMILES string of the molecule is COc1cc2c3c(c1OC)-c1c(ccc(O)c1OC)C[C@@H]3N(C)CC2. The average molecular weight is 341 g/mol. The van der Waals surface area contributed by atoms with E-state index in [2.05, 4.69) is 18.0 Å². The standard InChI is InChI=1S/C20H23NO4/c1-21-8-7-12-10-15(23-2)20(25-4)18-16(12)13(21)9-11-5-6-14(22)19(24-3)17(11)18/h5-6,10,13,22H,7-9H2,1-4H3/t13-/m0/s1. The molecule has 0 amide bonds. The molecule has 4 rings (SSSR count). The summed E-state index contributed by atoms with van der Waals surface area (Å²) in [4.78, 5) is 2.39. The number of aromatic hydroxyl groups is 1. The van der Waals surface area contributed by atoms with Crippen LogP contribution < -0.4 is 14.2 Å². The lowest BCUT2D eigenvalue weighted by Crippen LogP contribution is -2.35. The van der Waals surface area contributed by atoms with Gasteiger partial charge in [0, 0.05) is 23.7 Å². The lowest BCUT2D eigenvalue weighted by atomic mass is 9.76. The van der Waals surface area contributed by atoms with Crippen LogP contribution in [0, 0.1) is 0 Å². The molecule has 5 nitrogen and oxygen atoms in total. The Morgan fingerprint density at radius 3 is 2.44 bits per heavy atom. The van der Waals surface area contributed by atoms with Crippen LogP contribution in [-0.2, 0) is 12.8 Å². The predicted octanol–water partition coefficient (Wildman–Crippen LogP) is 3.17. The molecule has 0 aromatic heterocycles. The van der Waals surface area contributed by atoms with E-state index in [-0.39, 0.29) is 5.75 Å². The van der Waals surface area contributed by atoms with Crippen LogP contribution in [0.1, 0.15) is 22.7 Å². The number of likely N-dealkylation sites (N-methyl/N-ethyl adjacent to an activating group) is 1. The third kappa shape index (κ3) is 2.19. The van der Waals surface area contributed by atoms with Crippen molar-refractivity contribution in [3.8, 4) is 34.1 Å². The number of ether oxygens (including phenoxy) is 3. The number of hydrogen-bond donors (Lipinski definition) is 1. The molecule has 2 aromatic carbocycles. The highest BCUT2D eigenvalue weighted by Crippen LogP contribution is 2.56. The van der Waals surface area contributed by atoms with Crippen LogP contribution >= 0.6 is 0 Å². The summed E-state index contributed by atoms with van der Waals surface area (Å²) in [5.74, 6) is 2.06. The van der Waals surface area contributed by atoms with Gasteiger partial charge < -0.3 is 19.3 Å². The molecule has 0 bridgehead atoms. The molecule has 2 aromatic rings. The number of phenolic OH excluding ortho intramolecular Hbond substituents is 1. The van der Waals surface area contributed by atoms with Crippen molar-refractivity contribution in [1.82, 2.24) is 4.90 Å². The fourth-order valence-corrected chi connectivity index (χ4v) is 4.30. The van der Waals surface area contributed by atoms with Gasteiger partial charge in [0.1, 0.15) is 0 Å². The monoisotopic (exact) mass is 341 g/mol. The highest BCUT2D eigenvalue weighted by Gasteiger charge is 2.38. The van der Waals surface area contributed by atoms with Gasteiger partial charge in [0.05, 0.1) is 21.3 Å². The minimum Gasteiger partial charge on any atom is -0.504 e. The highest BCUT2D eigenvalue weighted by molar-refractivity contribution is 5.88. The van der Waals surface area contributed by atoms with Gasteiger partial charge in [-0.3, -0.25) is 4.90 Å². The number of phenols is 1. The molecular formula is C20H23NO4. The minimum atomic E-state index is 0.141. The summed E-state index contributed by atoms with van der Waals surface area (Å²) in [5.41, 5.74) is 5.61. The Kier molecular flexibility index (Phi) is 3.76. The first-order valence-corrected chi connectivity index (χ1v) is 8.47. The van der Waals surface area contributed by atoms with E-state index in [4.69, 9.17) is 14.2 Å². The van der Waals surface area contributed by atoms with Crippen molar-refractivity contribution in [3.63, 3.8) is 0 Å². The summed E-state index contributed by atoms with van der Waals surface area (Å²) < 4.78 is 16.9. The maximum Gasteiger partial charge on any atom is 0.169 e. The topological polar surface area (TPSA) is 51.2 Å². The van der Waals surface area contributed by atoms with Crippen LogP contribution in [0.5, 0.6) is 23.0 Å². The predicted molar refractivity (Wildman–Crippen MR) is 96.0 cm³/mol. The third-order valence-corrected chi connectivity index (χ3v) is 5.49. The van der Waals surface area contributed by atoms with Crippen molar-refractivity contribution in [3.05, 3.63) is 34.9 Å². The molecule has 1 aliphatic carbocycles. The van der Waals surface area contributed by atoms with Gasteiger partial charge in [0.25, 0.3) is 0 Å². The molecule has 0 spiro atoms. The molecule has 0 unspecified atom stereocenters. The van der Waals surface area contributed by atoms with E-state index in [1.54, 1.807) is 27.4 Å². The first-order chi connectivity index (χ1) is 12.1. The summed E-state index contributed by atoms with van der Waals surface area (Å²) in [5, 5.41) is 10.3. The first kappa shape index (κ1) is 16.1. The number of rotatable bonds is 3. The molecule has 25 heavy (non-hydrogen) atoms. The molecule has 1 atom stereocenters.